The highest BCUT2D eigenvalue weighted by Gasteiger charge is 2.13. The van der Waals surface area contributed by atoms with Crippen molar-refractivity contribution in [1.82, 2.24) is 9.97 Å². The summed E-state index contributed by atoms with van der Waals surface area (Å²) in [5.41, 5.74) is 7.13. The van der Waals surface area contributed by atoms with Gasteiger partial charge in [-0.1, -0.05) is 10.1 Å². The Labute approximate surface area is 212 Å². The smallest absolute Gasteiger partial charge is 0.437 e. The lowest BCUT2D eigenvalue weighted by Crippen LogP contribution is -2.13. The zero-order valence-electron chi connectivity index (χ0n) is 19.2. The second-order valence-electron chi connectivity index (χ2n) is 7.92. The molecule has 13 heteroatoms. The van der Waals surface area contributed by atoms with Crippen LogP contribution in [0.2, 0.25) is 5.28 Å². The highest BCUT2D eigenvalue weighted by atomic mass is 35.5. The number of aromatic nitrogens is 2. The maximum Gasteiger partial charge on any atom is 0.437 e. The lowest BCUT2D eigenvalue weighted by Gasteiger charge is -2.18. The first-order valence-corrected chi connectivity index (χ1v) is 13.4. The van der Waals surface area contributed by atoms with Crippen LogP contribution in [0.1, 0.15) is 18.4 Å². The van der Waals surface area contributed by atoms with Crippen LogP contribution in [0, 0.1) is 11.6 Å². The first kappa shape index (κ1) is 27.2. The van der Waals surface area contributed by atoms with Gasteiger partial charge >= 0.3 is 6.09 Å². The first-order valence-electron chi connectivity index (χ1n) is 10.7. The minimum atomic E-state index is -3.03. The number of benzene rings is 2. The molecule has 0 atom stereocenters. The molecule has 0 aliphatic heterocycles. The van der Waals surface area contributed by atoms with E-state index in [0.717, 1.165) is 12.3 Å². The molecule has 9 nitrogen and oxygen atoms in total. The molecule has 0 fully saturated rings. The lowest BCUT2D eigenvalue weighted by molar-refractivity contribution is 0.206. The zero-order valence-corrected chi connectivity index (χ0v) is 20.8. The molecule has 1 heterocycles. The topological polar surface area (TPSA) is 140 Å². The third-order valence-electron chi connectivity index (χ3n) is 4.76. The van der Waals surface area contributed by atoms with E-state index >= 15 is 0 Å². The number of carboxylic acid groups (broad SMARTS) is 1. The van der Waals surface area contributed by atoms with Crippen molar-refractivity contribution in [2.75, 3.05) is 25.2 Å². The van der Waals surface area contributed by atoms with Crippen molar-refractivity contribution in [3.8, 4) is 22.8 Å². The van der Waals surface area contributed by atoms with Gasteiger partial charge in [0.05, 0.1) is 19.4 Å². The summed E-state index contributed by atoms with van der Waals surface area (Å²) in [5, 5.41) is 8.66. The van der Waals surface area contributed by atoms with Gasteiger partial charge in [0.25, 0.3) is 0 Å². The minimum Gasteiger partial charge on any atom is -0.494 e. The molecule has 0 spiro atoms. The van der Waals surface area contributed by atoms with E-state index in [4.69, 9.17) is 31.9 Å². The van der Waals surface area contributed by atoms with Gasteiger partial charge in [0, 0.05) is 23.1 Å². The number of anilines is 1. The van der Waals surface area contributed by atoms with Crippen molar-refractivity contribution in [3.63, 3.8) is 0 Å². The number of nitrogens with two attached hydrogens (primary N) is 1. The average Bonchev–Trinajstić information content (AvgIpc) is 2.77. The molecular formula is C23H25ClF2N4O5S. The molecule has 1 aromatic heterocycles. The van der Waals surface area contributed by atoms with E-state index in [-0.39, 0.29) is 29.1 Å². The van der Waals surface area contributed by atoms with Gasteiger partial charge in [0.1, 0.15) is 11.4 Å². The number of nitrogens with zero attached hydrogens (tertiary/aromatic N) is 3. The SMILES string of the molecule is C[SH](O)(Cc1cc(N)cc(OCCCCOc2cc(-c3nc(Cl)ncc3F)ccc2F)c1)=NC(=O)O. The Morgan fingerprint density at radius 3 is 2.58 bits per heavy atom. The van der Waals surface area contributed by atoms with E-state index < -0.39 is 27.8 Å². The van der Waals surface area contributed by atoms with Gasteiger partial charge in [-0.3, -0.25) is 0 Å². The molecule has 0 aliphatic rings. The quantitative estimate of drug-likeness (QED) is 0.118. The number of nitrogen functional groups attached to an aromatic ring is 1. The maximum absolute atomic E-state index is 14.2. The molecule has 0 radical (unpaired) electrons. The van der Waals surface area contributed by atoms with Crippen molar-refractivity contribution in [2.24, 2.45) is 4.36 Å². The fraction of sp³-hybridized carbons (Fsp3) is 0.261. The molecule has 194 valence electrons. The van der Waals surface area contributed by atoms with Crippen LogP contribution in [0.25, 0.3) is 11.3 Å². The van der Waals surface area contributed by atoms with Crippen molar-refractivity contribution in [2.45, 2.75) is 18.6 Å². The Kier molecular flexibility index (Phi) is 9.13. The molecule has 1 amide bonds. The molecule has 36 heavy (non-hydrogen) atoms. The normalized spacial score (nSPS) is 11.7. The van der Waals surface area contributed by atoms with Gasteiger partial charge < -0.3 is 24.9 Å². The van der Waals surface area contributed by atoms with E-state index in [1.165, 1.54) is 18.4 Å². The van der Waals surface area contributed by atoms with Gasteiger partial charge in [0.15, 0.2) is 17.4 Å². The maximum atomic E-state index is 14.2. The molecule has 0 unspecified atom stereocenters. The predicted molar refractivity (Wildman–Crippen MR) is 135 cm³/mol. The summed E-state index contributed by atoms with van der Waals surface area (Å²) >= 11 is 5.73. The third-order valence-corrected chi connectivity index (χ3v) is 6.50. The van der Waals surface area contributed by atoms with E-state index in [1.807, 2.05) is 0 Å². The molecular weight excluding hydrogens is 518 g/mol. The lowest BCUT2D eigenvalue weighted by atomic mass is 10.1. The van der Waals surface area contributed by atoms with Gasteiger partial charge in [-0.15, -0.1) is 0 Å². The van der Waals surface area contributed by atoms with E-state index in [1.54, 1.807) is 18.2 Å². The van der Waals surface area contributed by atoms with Crippen molar-refractivity contribution in [1.29, 1.82) is 0 Å². The number of unbranched alkanes of at least 4 members (excludes halogenated alkanes) is 1. The summed E-state index contributed by atoms with van der Waals surface area (Å²) < 4.78 is 53.0. The highest BCUT2D eigenvalue weighted by Crippen LogP contribution is 2.28. The van der Waals surface area contributed by atoms with Crippen molar-refractivity contribution in [3.05, 3.63) is 65.1 Å². The van der Waals surface area contributed by atoms with Crippen molar-refractivity contribution >= 4 is 33.5 Å². The van der Waals surface area contributed by atoms with Crippen LogP contribution >= 0.6 is 11.6 Å². The highest BCUT2D eigenvalue weighted by molar-refractivity contribution is 7.98. The number of amides is 1. The Balaban J connectivity index is 1.52. The molecule has 3 rings (SSSR count). The Morgan fingerprint density at radius 1 is 1.14 bits per heavy atom. The molecule has 0 saturated carbocycles. The standard InChI is InChI=1S/C23H25ClF2N4O5S/c1-36(33,30-23(31)32)13-14-8-16(27)11-17(9-14)34-6-2-3-7-35-20-10-15(4-5-18(20)25)21-19(26)12-28-22(24)29-21/h4-5,8-12,36H,2-3,6-7,13,27H2,1H3,(H,30,33)(H,31,32). The monoisotopic (exact) mass is 542 g/mol. The summed E-state index contributed by atoms with van der Waals surface area (Å²) in [6, 6.07) is 8.77. The van der Waals surface area contributed by atoms with Crippen LogP contribution in [-0.2, 0) is 15.9 Å². The van der Waals surface area contributed by atoms with Crippen LogP contribution < -0.4 is 15.2 Å². The fourth-order valence-electron chi connectivity index (χ4n) is 3.31. The van der Waals surface area contributed by atoms with Crippen LogP contribution in [0.15, 0.2) is 47.0 Å². The summed E-state index contributed by atoms with van der Waals surface area (Å²) in [7, 11) is -3.03. The molecule has 0 bridgehead atoms. The van der Waals surface area contributed by atoms with Crippen molar-refractivity contribution < 1.29 is 32.7 Å². The molecule has 2 aromatic carbocycles. The van der Waals surface area contributed by atoms with Gasteiger partial charge in [-0.2, -0.15) is 4.36 Å². The number of hydrogen-bond donors (Lipinski definition) is 4. The largest absolute Gasteiger partial charge is 0.494 e. The van der Waals surface area contributed by atoms with Gasteiger partial charge in [-0.05, 0) is 66.6 Å². The second kappa shape index (κ2) is 12.1. The molecule has 4 N–H and O–H groups in total. The molecule has 3 aromatic rings. The third kappa shape index (κ3) is 8.11. The number of thiol groups is 1. The number of ether oxygens (including phenoxy) is 2. The fourth-order valence-corrected chi connectivity index (χ4v) is 4.76. The summed E-state index contributed by atoms with van der Waals surface area (Å²) in [6.07, 6.45) is 2.01. The minimum absolute atomic E-state index is 0.0459. The summed E-state index contributed by atoms with van der Waals surface area (Å²) in [5.74, 6) is -0.836. The van der Waals surface area contributed by atoms with Crippen LogP contribution in [0.5, 0.6) is 11.5 Å². The zero-order chi connectivity index (χ0) is 26.3. The van der Waals surface area contributed by atoms with E-state index in [2.05, 4.69) is 14.3 Å². The van der Waals surface area contributed by atoms with Gasteiger partial charge in [-0.25, -0.2) is 23.5 Å². The first-order chi connectivity index (χ1) is 17.0. The number of hydrogen-bond acceptors (Lipinski definition) is 6. The second-order valence-corrected chi connectivity index (χ2v) is 11.0. The summed E-state index contributed by atoms with van der Waals surface area (Å²) in [6.45, 7) is 0.493. The number of halogens is 3. The molecule has 0 saturated heterocycles. The predicted octanol–water partition coefficient (Wildman–Crippen LogP) is 5.25. The van der Waals surface area contributed by atoms with Crippen LogP contribution in [0.3, 0.4) is 0 Å². The molecule has 0 aliphatic carbocycles. The van der Waals surface area contributed by atoms with E-state index in [0.29, 0.717) is 42.0 Å². The average molecular weight is 543 g/mol. The Bertz CT molecular complexity index is 1310. The number of rotatable bonds is 10. The van der Waals surface area contributed by atoms with Gasteiger partial charge in [0.2, 0.25) is 5.28 Å². The summed E-state index contributed by atoms with van der Waals surface area (Å²) in [4.78, 5) is 18.2. The number of carbonyl (C=O) groups is 1. The van der Waals surface area contributed by atoms with Crippen LogP contribution in [0.4, 0.5) is 19.3 Å². The Hall–Kier alpha value is -3.35. The van der Waals surface area contributed by atoms with E-state index in [9.17, 15) is 18.1 Å². The van der Waals surface area contributed by atoms with Crippen LogP contribution in [-0.4, -0.2) is 45.2 Å². The Morgan fingerprint density at radius 2 is 1.86 bits per heavy atom.